The molecule has 0 atom stereocenters. The Kier molecular flexibility index (Phi) is 1.95. The van der Waals surface area contributed by atoms with Gasteiger partial charge in [-0.1, -0.05) is 18.2 Å². The molecule has 0 saturated carbocycles. The van der Waals surface area contributed by atoms with Gasteiger partial charge in [-0.15, -0.1) is 11.3 Å². The molecule has 0 fully saturated rings. The summed E-state index contributed by atoms with van der Waals surface area (Å²) in [5.74, 6) is 0. The Morgan fingerprint density at radius 1 is 1.07 bits per heavy atom. The van der Waals surface area contributed by atoms with Gasteiger partial charge in [0.05, 0.1) is 4.70 Å². The molecule has 0 spiro atoms. The SMILES string of the molecule is Ic1nccc2c1sc1ccccc12. The van der Waals surface area contributed by atoms with E-state index in [0.29, 0.717) is 0 Å². The van der Waals surface area contributed by atoms with Crippen molar-refractivity contribution in [2.45, 2.75) is 0 Å². The van der Waals surface area contributed by atoms with Crippen LogP contribution in [0.2, 0.25) is 0 Å². The molecule has 0 aliphatic heterocycles. The number of nitrogens with zero attached hydrogens (tertiary/aromatic N) is 1. The summed E-state index contributed by atoms with van der Waals surface area (Å²) >= 11 is 4.11. The highest BCUT2D eigenvalue weighted by molar-refractivity contribution is 14.1. The second kappa shape index (κ2) is 3.17. The molecule has 2 aromatic heterocycles. The van der Waals surface area contributed by atoms with E-state index in [2.05, 4.69) is 57.9 Å². The Bertz CT molecular complexity index is 615. The first-order valence-corrected chi connectivity index (χ1v) is 6.17. The van der Waals surface area contributed by atoms with E-state index >= 15 is 0 Å². The Labute approximate surface area is 98.9 Å². The lowest BCUT2D eigenvalue weighted by Gasteiger charge is -1.91. The second-order valence-electron chi connectivity index (χ2n) is 3.08. The molecule has 1 aromatic carbocycles. The van der Waals surface area contributed by atoms with Crippen molar-refractivity contribution in [3.8, 4) is 0 Å². The van der Waals surface area contributed by atoms with Gasteiger partial charge in [0.1, 0.15) is 3.70 Å². The summed E-state index contributed by atoms with van der Waals surface area (Å²) in [7, 11) is 0. The summed E-state index contributed by atoms with van der Waals surface area (Å²) in [4.78, 5) is 4.30. The van der Waals surface area contributed by atoms with Crippen LogP contribution in [0.25, 0.3) is 20.2 Å². The van der Waals surface area contributed by atoms with Crippen LogP contribution in [0, 0.1) is 3.70 Å². The average Bonchev–Trinajstić information content (AvgIpc) is 2.59. The third kappa shape index (κ3) is 1.15. The zero-order chi connectivity index (χ0) is 9.54. The van der Waals surface area contributed by atoms with Crippen LogP contribution in [-0.4, -0.2) is 4.98 Å². The lowest BCUT2D eigenvalue weighted by Crippen LogP contribution is -1.76. The molecule has 14 heavy (non-hydrogen) atoms. The Hall–Kier alpha value is -0.680. The normalized spacial score (nSPS) is 11.2. The van der Waals surface area contributed by atoms with E-state index in [1.165, 1.54) is 20.2 Å². The van der Waals surface area contributed by atoms with Gasteiger partial charge in [0.15, 0.2) is 0 Å². The standard InChI is InChI=1S/C11H6INS/c12-11-10-8(5-6-13-11)7-3-1-2-4-9(7)14-10/h1-6H. The second-order valence-corrected chi connectivity index (χ2v) is 5.15. The van der Waals surface area contributed by atoms with Crippen molar-refractivity contribution < 1.29 is 0 Å². The Morgan fingerprint density at radius 3 is 2.86 bits per heavy atom. The number of thiophene rings is 1. The smallest absolute Gasteiger partial charge is 0.119 e. The van der Waals surface area contributed by atoms with Crippen molar-refractivity contribution in [3.05, 3.63) is 40.2 Å². The molecule has 0 amide bonds. The molecule has 0 radical (unpaired) electrons. The maximum absolute atomic E-state index is 4.30. The highest BCUT2D eigenvalue weighted by atomic mass is 127. The first-order chi connectivity index (χ1) is 6.86. The van der Waals surface area contributed by atoms with Crippen molar-refractivity contribution >= 4 is 54.1 Å². The van der Waals surface area contributed by atoms with Gasteiger partial charge in [0, 0.05) is 21.7 Å². The maximum Gasteiger partial charge on any atom is 0.119 e. The predicted octanol–water partition coefficient (Wildman–Crippen LogP) is 4.05. The summed E-state index contributed by atoms with van der Waals surface area (Å²) in [6, 6.07) is 10.6. The number of hydrogen-bond acceptors (Lipinski definition) is 2. The van der Waals surface area contributed by atoms with Crippen LogP contribution in [0.4, 0.5) is 0 Å². The van der Waals surface area contributed by atoms with Crippen LogP contribution in [0.15, 0.2) is 36.5 Å². The molecule has 68 valence electrons. The summed E-state index contributed by atoms with van der Waals surface area (Å²) in [5.41, 5.74) is 0. The molecule has 0 aliphatic rings. The van der Waals surface area contributed by atoms with Crippen LogP contribution >= 0.6 is 33.9 Å². The van der Waals surface area contributed by atoms with E-state index in [1.54, 1.807) is 0 Å². The topological polar surface area (TPSA) is 12.9 Å². The largest absolute Gasteiger partial charge is 0.249 e. The molecule has 0 bridgehead atoms. The predicted molar refractivity (Wildman–Crippen MR) is 69.8 cm³/mol. The molecule has 3 heteroatoms. The third-order valence-corrected chi connectivity index (χ3v) is 4.63. The minimum absolute atomic E-state index is 1.10. The monoisotopic (exact) mass is 311 g/mol. The van der Waals surface area contributed by atoms with Gasteiger partial charge >= 0.3 is 0 Å². The number of fused-ring (bicyclic) bond motifs is 3. The zero-order valence-corrected chi connectivity index (χ0v) is 10.2. The van der Waals surface area contributed by atoms with Gasteiger partial charge < -0.3 is 0 Å². The van der Waals surface area contributed by atoms with E-state index in [4.69, 9.17) is 0 Å². The molecular formula is C11H6INS. The van der Waals surface area contributed by atoms with Gasteiger partial charge in [-0.25, -0.2) is 4.98 Å². The number of pyridine rings is 1. The molecule has 0 unspecified atom stereocenters. The fourth-order valence-electron chi connectivity index (χ4n) is 1.62. The Balaban J connectivity index is 2.63. The van der Waals surface area contributed by atoms with Crippen molar-refractivity contribution in [1.29, 1.82) is 0 Å². The number of aromatic nitrogens is 1. The minimum Gasteiger partial charge on any atom is -0.249 e. The number of hydrogen-bond donors (Lipinski definition) is 0. The molecule has 2 heterocycles. The van der Waals surface area contributed by atoms with Crippen LogP contribution < -0.4 is 0 Å². The maximum atomic E-state index is 4.30. The van der Waals surface area contributed by atoms with Crippen molar-refractivity contribution in [2.24, 2.45) is 0 Å². The molecule has 0 N–H and O–H groups in total. The molecule has 0 aliphatic carbocycles. The van der Waals surface area contributed by atoms with E-state index < -0.39 is 0 Å². The summed E-state index contributed by atoms with van der Waals surface area (Å²) in [6.45, 7) is 0. The fraction of sp³-hybridized carbons (Fsp3) is 0. The quantitative estimate of drug-likeness (QED) is 0.451. The van der Waals surface area contributed by atoms with Gasteiger partial charge in [0.2, 0.25) is 0 Å². The molecule has 1 nitrogen and oxygen atoms in total. The van der Waals surface area contributed by atoms with E-state index in [0.717, 1.165) is 3.70 Å². The lowest BCUT2D eigenvalue weighted by atomic mass is 10.2. The summed E-state index contributed by atoms with van der Waals surface area (Å²) in [5, 5.41) is 2.66. The molecule has 3 rings (SSSR count). The van der Waals surface area contributed by atoms with Crippen LogP contribution in [0.3, 0.4) is 0 Å². The first kappa shape index (κ1) is 8.61. The fourth-order valence-corrected chi connectivity index (χ4v) is 3.48. The van der Waals surface area contributed by atoms with E-state index in [9.17, 15) is 0 Å². The summed E-state index contributed by atoms with van der Waals surface area (Å²) in [6.07, 6.45) is 1.88. The number of halogens is 1. The summed E-state index contributed by atoms with van der Waals surface area (Å²) < 4.78 is 3.74. The zero-order valence-electron chi connectivity index (χ0n) is 7.20. The van der Waals surface area contributed by atoms with E-state index in [-0.39, 0.29) is 0 Å². The highest BCUT2D eigenvalue weighted by Gasteiger charge is 2.06. The van der Waals surface area contributed by atoms with Crippen molar-refractivity contribution in [2.75, 3.05) is 0 Å². The Morgan fingerprint density at radius 2 is 1.93 bits per heavy atom. The highest BCUT2D eigenvalue weighted by Crippen LogP contribution is 2.34. The molecule has 3 aromatic rings. The van der Waals surface area contributed by atoms with Crippen molar-refractivity contribution in [3.63, 3.8) is 0 Å². The average molecular weight is 311 g/mol. The minimum atomic E-state index is 1.10. The van der Waals surface area contributed by atoms with Gasteiger partial charge in [-0.3, -0.25) is 0 Å². The van der Waals surface area contributed by atoms with Crippen LogP contribution in [0.5, 0.6) is 0 Å². The molecule has 0 saturated heterocycles. The van der Waals surface area contributed by atoms with Gasteiger partial charge in [0.25, 0.3) is 0 Å². The van der Waals surface area contributed by atoms with Crippen molar-refractivity contribution in [1.82, 2.24) is 4.98 Å². The number of benzene rings is 1. The lowest BCUT2D eigenvalue weighted by molar-refractivity contribution is 1.32. The third-order valence-electron chi connectivity index (χ3n) is 2.25. The van der Waals surface area contributed by atoms with Gasteiger partial charge in [-0.2, -0.15) is 0 Å². The number of rotatable bonds is 0. The van der Waals surface area contributed by atoms with Crippen LogP contribution in [0.1, 0.15) is 0 Å². The first-order valence-electron chi connectivity index (χ1n) is 4.28. The molecular weight excluding hydrogens is 305 g/mol. The van der Waals surface area contributed by atoms with Crippen LogP contribution in [-0.2, 0) is 0 Å². The van der Waals surface area contributed by atoms with E-state index in [1.807, 2.05) is 17.5 Å². The van der Waals surface area contributed by atoms with Gasteiger partial charge in [-0.05, 0) is 34.7 Å².